The van der Waals surface area contributed by atoms with E-state index < -0.39 is 11.9 Å². The Balaban J connectivity index is 2.37. The highest BCUT2D eigenvalue weighted by molar-refractivity contribution is 6.30. The van der Waals surface area contributed by atoms with E-state index in [1.807, 2.05) is 0 Å². The van der Waals surface area contributed by atoms with Crippen LogP contribution in [0.4, 0.5) is 4.39 Å². The number of nitrogens with two attached hydrogens (primary N) is 1. The van der Waals surface area contributed by atoms with Gasteiger partial charge in [0.15, 0.2) is 5.96 Å². The highest BCUT2D eigenvalue weighted by atomic mass is 35.5. The number of guanidine groups is 1. The summed E-state index contributed by atoms with van der Waals surface area (Å²) in [5, 5.41) is 12.9. The van der Waals surface area contributed by atoms with Crippen molar-refractivity contribution in [1.29, 1.82) is 0 Å². The Morgan fingerprint density at radius 1 is 1.43 bits per heavy atom. The van der Waals surface area contributed by atoms with Gasteiger partial charge >= 0.3 is 0 Å². The molecule has 21 heavy (non-hydrogen) atoms. The Hall–Kier alpha value is -1.33. The van der Waals surface area contributed by atoms with Gasteiger partial charge in [-0.05, 0) is 24.1 Å². The van der Waals surface area contributed by atoms with Crippen LogP contribution >= 0.6 is 11.6 Å². The molecule has 0 aliphatic carbocycles. The average molecular weight is 316 g/mol. The molecule has 6 heteroatoms. The van der Waals surface area contributed by atoms with E-state index in [-0.39, 0.29) is 11.6 Å². The minimum Gasteiger partial charge on any atom is -0.386 e. The first kappa shape index (κ1) is 17.7. The maximum atomic E-state index is 13.3. The lowest BCUT2D eigenvalue weighted by Gasteiger charge is -2.10. The predicted octanol–water partition coefficient (Wildman–Crippen LogP) is 3.00. The predicted molar refractivity (Wildman–Crippen MR) is 85.0 cm³/mol. The number of hydrogen-bond donors (Lipinski definition) is 3. The van der Waals surface area contributed by atoms with Crippen LogP contribution in [0.3, 0.4) is 0 Å². The molecule has 0 aliphatic heterocycles. The lowest BCUT2D eigenvalue weighted by Crippen LogP contribution is -2.32. The highest BCUT2D eigenvalue weighted by Gasteiger charge is 2.09. The van der Waals surface area contributed by atoms with Crippen LogP contribution in [0.2, 0.25) is 5.02 Å². The van der Waals surface area contributed by atoms with Crippen molar-refractivity contribution in [2.45, 2.75) is 38.7 Å². The molecule has 0 amide bonds. The minimum atomic E-state index is -0.905. The van der Waals surface area contributed by atoms with E-state index >= 15 is 0 Å². The zero-order chi connectivity index (χ0) is 15.7. The lowest BCUT2D eigenvalue weighted by atomic mass is 10.1. The summed E-state index contributed by atoms with van der Waals surface area (Å²) in [6.45, 7) is 3.00. The summed E-state index contributed by atoms with van der Waals surface area (Å²) in [6, 6.07) is 4.19. The maximum absolute atomic E-state index is 13.3. The molecule has 0 aromatic heterocycles. The maximum Gasteiger partial charge on any atom is 0.188 e. The van der Waals surface area contributed by atoms with Gasteiger partial charge in [-0.2, -0.15) is 0 Å². The molecule has 118 valence electrons. The number of hydrogen-bond acceptors (Lipinski definition) is 2. The summed E-state index contributed by atoms with van der Waals surface area (Å²) in [4.78, 5) is 4.05. The van der Waals surface area contributed by atoms with Crippen molar-refractivity contribution in [1.82, 2.24) is 5.32 Å². The summed E-state index contributed by atoms with van der Waals surface area (Å²) < 4.78 is 13.3. The van der Waals surface area contributed by atoms with Crippen LogP contribution in [0.25, 0.3) is 0 Å². The van der Waals surface area contributed by atoms with Crippen molar-refractivity contribution in [3.63, 3.8) is 0 Å². The van der Waals surface area contributed by atoms with E-state index in [9.17, 15) is 9.50 Å². The van der Waals surface area contributed by atoms with Crippen LogP contribution in [-0.4, -0.2) is 24.2 Å². The van der Waals surface area contributed by atoms with Crippen molar-refractivity contribution in [2.75, 3.05) is 13.1 Å². The third-order valence-corrected chi connectivity index (χ3v) is 3.41. The summed E-state index contributed by atoms with van der Waals surface area (Å²) >= 11 is 5.59. The second kappa shape index (κ2) is 9.58. The van der Waals surface area contributed by atoms with Crippen LogP contribution < -0.4 is 11.1 Å². The number of nitrogens with one attached hydrogen (secondary N) is 1. The largest absolute Gasteiger partial charge is 0.386 e. The smallest absolute Gasteiger partial charge is 0.188 e. The van der Waals surface area contributed by atoms with Gasteiger partial charge in [0.2, 0.25) is 0 Å². The molecule has 1 aromatic carbocycles. The van der Waals surface area contributed by atoms with Crippen LogP contribution in [0.5, 0.6) is 0 Å². The van der Waals surface area contributed by atoms with Gasteiger partial charge in [0.05, 0.1) is 17.7 Å². The van der Waals surface area contributed by atoms with E-state index in [0.29, 0.717) is 11.5 Å². The summed E-state index contributed by atoms with van der Waals surface area (Å²) in [5.41, 5.74) is 6.13. The Kier molecular flexibility index (Phi) is 8.08. The SMILES string of the molecule is CCCCCCNC(N)=NCC(O)c1ccc(Cl)c(F)c1. The van der Waals surface area contributed by atoms with Crippen molar-refractivity contribution in [3.8, 4) is 0 Å². The first-order valence-electron chi connectivity index (χ1n) is 7.21. The zero-order valence-corrected chi connectivity index (χ0v) is 13.0. The number of aliphatic hydroxyl groups is 1. The van der Waals surface area contributed by atoms with E-state index in [1.165, 1.54) is 25.0 Å². The van der Waals surface area contributed by atoms with Gasteiger partial charge in [-0.25, -0.2) is 4.39 Å². The van der Waals surface area contributed by atoms with E-state index in [2.05, 4.69) is 17.2 Å². The third kappa shape index (κ3) is 6.78. The lowest BCUT2D eigenvalue weighted by molar-refractivity contribution is 0.186. The Labute approximate surface area is 130 Å². The van der Waals surface area contributed by atoms with Gasteiger partial charge in [0.1, 0.15) is 5.82 Å². The minimum absolute atomic E-state index is 0.0303. The molecule has 0 saturated heterocycles. The van der Waals surface area contributed by atoms with Crippen LogP contribution in [0, 0.1) is 5.82 Å². The van der Waals surface area contributed by atoms with Crippen molar-refractivity contribution >= 4 is 17.6 Å². The quantitative estimate of drug-likeness (QED) is 0.392. The summed E-state index contributed by atoms with van der Waals surface area (Å²) in [7, 11) is 0. The summed E-state index contributed by atoms with van der Waals surface area (Å²) in [5.74, 6) is -0.265. The van der Waals surface area contributed by atoms with E-state index in [4.69, 9.17) is 17.3 Å². The molecule has 0 heterocycles. The van der Waals surface area contributed by atoms with Gasteiger partial charge in [-0.15, -0.1) is 0 Å². The fraction of sp³-hybridized carbons (Fsp3) is 0.533. The number of halogens is 2. The second-order valence-electron chi connectivity index (χ2n) is 4.90. The molecule has 1 rings (SSSR count). The molecule has 0 radical (unpaired) electrons. The topological polar surface area (TPSA) is 70.6 Å². The molecule has 0 aliphatic rings. The first-order chi connectivity index (χ1) is 10.0. The normalized spacial score (nSPS) is 13.2. The summed E-state index contributed by atoms with van der Waals surface area (Å²) in [6.07, 6.45) is 3.68. The molecular weight excluding hydrogens is 293 g/mol. The van der Waals surface area contributed by atoms with Crippen molar-refractivity contribution in [2.24, 2.45) is 10.7 Å². The molecule has 0 spiro atoms. The number of unbranched alkanes of at least 4 members (excludes halogenated alkanes) is 3. The monoisotopic (exact) mass is 315 g/mol. The van der Waals surface area contributed by atoms with E-state index in [1.54, 1.807) is 6.07 Å². The third-order valence-electron chi connectivity index (χ3n) is 3.10. The fourth-order valence-corrected chi connectivity index (χ4v) is 1.95. The Bertz CT molecular complexity index is 468. The number of rotatable bonds is 8. The van der Waals surface area contributed by atoms with Gasteiger partial charge in [0.25, 0.3) is 0 Å². The van der Waals surface area contributed by atoms with Crippen LogP contribution in [0.15, 0.2) is 23.2 Å². The molecule has 1 unspecified atom stereocenters. The van der Waals surface area contributed by atoms with E-state index in [0.717, 1.165) is 19.4 Å². The number of benzene rings is 1. The molecule has 4 N–H and O–H groups in total. The van der Waals surface area contributed by atoms with Crippen LogP contribution in [-0.2, 0) is 0 Å². The van der Waals surface area contributed by atoms with Gasteiger partial charge < -0.3 is 16.2 Å². The zero-order valence-electron chi connectivity index (χ0n) is 12.3. The number of aliphatic hydroxyl groups excluding tert-OH is 1. The molecule has 0 bridgehead atoms. The number of aliphatic imine (C=N–C) groups is 1. The molecule has 0 fully saturated rings. The highest BCUT2D eigenvalue weighted by Crippen LogP contribution is 2.20. The van der Waals surface area contributed by atoms with Gasteiger partial charge in [-0.1, -0.05) is 43.9 Å². The molecule has 0 saturated carbocycles. The standard InChI is InChI=1S/C15H23ClFN3O/c1-2-3-4-5-8-19-15(18)20-10-14(21)11-6-7-12(16)13(17)9-11/h6-7,9,14,21H,2-5,8,10H2,1H3,(H3,18,19,20). The van der Waals surface area contributed by atoms with Gasteiger partial charge in [-0.3, -0.25) is 4.99 Å². The number of nitrogens with zero attached hydrogens (tertiary/aromatic N) is 1. The van der Waals surface area contributed by atoms with Gasteiger partial charge in [0, 0.05) is 6.54 Å². The fourth-order valence-electron chi connectivity index (χ4n) is 1.83. The molecule has 1 aromatic rings. The van der Waals surface area contributed by atoms with Crippen molar-refractivity contribution < 1.29 is 9.50 Å². The second-order valence-corrected chi connectivity index (χ2v) is 5.31. The van der Waals surface area contributed by atoms with Crippen molar-refractivity contribution in [3.05, 3.63) is 34.6 Å². The first-order valence-corrected chi connectivity index (χ1v) is 7.59. The van der Waals surface area contributed by atoms with Crippen LogP contribution in [0.1, 0.15) is 44.3 Å². The Morgan fingerprint density at radius 3 is 2.86 bits per heavy atom. The molecule has 1 atom stereocenters. The Morgan fingerprint density at radius 2 is 2.19 bits per heavy atom. The molecule has 4 nitrogen and oxygen atoms in total. The molecular formula is C15H23ClFN3O. The average Bonchev–Trinajstić information content (AvgIpc) is 2.47.